The summed E-state index contributed by atoms with van der Waals surface area (Å²) in [5.74, 6) is -0.524. The van der Waals surface area contributed by atoms with E-state index < -0.39 is 24.1 Å². The zero-order valence-electron chi connectivity index (χ0n) is 16.0. The van der Waals surface area contributed by atoms with Crippen LogP contribution in [0.25, 0.3) is 16.6 Å². The fraction of sp³-hybridized carbons (Fsp3) is 0.150. The van der Waals surface area contributed by atoms with Crippen LogP contribution in [0.2, 0.25) is 0 Å². The van der Waals surface area contributed by atoms with Crippen molar-refractivity contribution in [3.63, 3.8) is 0 Å². The molecule has 0 saturated heterocycles. The molecule has 2 N–H and O–H groups in total. The number of nitrogens with two attached hydrogens (primary N) is 1. The van der Waals surface area contributed by atoms with E-state index in [-0.39, 0.29) is 29.7 Å². The fourth-order valence-electron chi connectivity index (χ4n) is 3.21. The van der Waals surface area contributed by atoms with Gasteiger partial charge in [-0.1, -0.05) is 12.1 Å². The van der Waals surface area contributed by atoms with Crippen molar-refractivity contribution in [3.8, 4) is 5.69 Å². The predicted molar refractivity (Wildman–Crippen MR) is 111 cm³/mol. The first-order valence-electron chi connectivity index (χ1n) is 9.12. The Balaban J connectivity index is 1.66. The second kappa shape index (κ2) is 8.36. The Bertz CT molecular complexity index is 1410. The molecule has 0 unspecified atom stereocenters. The van der Waals surface area contributed by atoms with Gasteiger partial charge in [-0.3, -0.25) is 13.9 Å². The normalized spacial score (nSPS) is 11.2. The zero-order chi connectivity index (χ0) is 22.1. The van der Waals surface area contributed by atoms with Gasteiger partial charge in [0.15, 0.2) is 0 Å². The van der Waals surface area contributed by atoms with Crippen LogP contribution in [0.3, 0.4) is 0 Å². The smallest absolute Gasteiger partial charge is 0.327 e. The summed E-state index contributed by atoms with van der Waals surface area (Å²) in [6.45, 7) is -0.664. The lowest BCUT2D eigenvalue weighted by Gasteiger charge is -2.08. The van der Waals surface area contributed by atoms with E-state index in [4.69, 9.17) is 5.73 Å². The SMILES string of the molecule is NCC(Cn1ncn(Cc2cc(-n3c(=O)ccc4cccc(F)c43)cs2)c1=O)=C(F)F. The lowest BCUT2D eigenvalue weighted by Crippen LogP contribution is -2.27. The van der Waals surface area contributed by atoms with Crippen LogP contribution in [-0.2, 0) is 13.1 Å². The molecular weight excluding hydrogens is 431 g/mol. The Kier molecular flexibility index (Phi) is 5.61. The van der Waals surface area contributed by atoms with E-state index in [2.05, 4.69) is 5.10 Å². The van der Waals surface area contributed by atoms with Crippen molar-refractivity contribution in [2.75, 3.05) is 6.54 Å². The van der Waals surface area contributed by atoms with Crippen molar-refractivity contribution in [2.24, 2.45) is 5.73 Å². The maximum atomic E-state index is 14.4. The standard InChI is InChI=1S/C20H16F3N5O2S/c21-16-3-1-2-12-4-5-17(29)28(18(12)16)14-6-15(31-10-14)9-26-11-25-27(20(26)30)8-13(7-24)19(22)23/h1-6,10-11H,7-9,24H2. The Morgan fingerprint density at radius 1 is 1.16 bits per heavy atom. The Morgan fingerprint density at radius 2 is 1.97 bits per heavy atom. The summed E-state index contributed by atoms with van der Waals surface area (Å²) in [6.07, 6.45) is -0.685. The van der Waals surface area contributed by atoms with E-state index >= 15 is 0 Å². The van der Waals surface area contributed by atoms with Crippen molar-refractivity contribution in [1.82, 2.24) is 18.9 Å². The van der Waals surface area contributed by atoms with Gasteiger partial charge in [0.25, 0.3) is 11.6 Å². The Labute approximate surface area is 177 Å². The molecule has 0 saturated carbocycles. The van der Waals surface area contributed by atoms with Gasteiger partial charge in [0.1, 0.15) is 12.1 Å². The monoisotopic (exact) mass is 447 g/mol. The highest BCUT2D eigenvalue weighted by molar-refractivity contribution is 7.10. The van der Waals surface area contributed by atoms with E-state index in [9.17, 15) is 22.8 Å². The number of benzene rings is 1. The first-order chi connectivity index (χ1) is 14.9. The molecule has 0 bridgehead atoms. The molecule has 31 heavy (non-hydrogen) atoms. The van der Waals surface area contributed by atoms with Gasteiger partial charge in [-0.05, 0) is 18.2 Å². The number of aromatic nitrogens is 4. The molecule has 7 nitrogen and oxygen atoms in total. The van der Waals surface area contributed by atoms with E-state index in [1.54, 1.807) is 29.6 Å². The van der Waals surface area contributed by atoms with Crippen molar-refractivity contribution >= 4 is 22.2 Å². The summed E-state index contributed by atoms with van der Waals surface area (Å²) < 4.78 is 43.5. The maximum Gasteiger partial charge on any atom is 0.346 e. The first-order valence-corrected chi connectivity index (χ1v) is 10.0. The largest absolute Gasteiger partial charge is 0.346 e. The number of thiophene rings is 1. The van der Waals surface area contributed by atoms with E-state index in [0.29, 0.717) is 16.0 Å². The average Bonchev–Trinajstić information content (AvgIpc) is 3.34. The summed E-state index contributed by atoms with van der Waals surface area (Å²) in [5.41, 5.74) is 4.58. The molecule has 4 rings (SSSR count). The van der Waals surface area contributed by atoms with Crippen molar-refractivity contribution in [3.05, 3.63) is 91.3 Å². The quantitative estimate of drug-likeness (QED) is 0.492. The van der Waals surface area contributed by atoms with Crippen LogP contribution >= 0.6 is 11.3 Å². The van der Waals surface area contributed by atoms with Crippen molar-refractivity contribution < 1.29 is 13.2 Å². The minimum atomic E-state index is -1.93. The topological polar surface area (TPSA) is 87.8 Å². The van der Waals surface area contributed by atoms with Gasteiger partial charge in [0, 0.05) is 33.8 Å². The molecule has 160 valence electrons. The molecule has 0 aliphatic rings. The van der Waals surface area contributed by atoms with Crippen LogP contribution < -0.4 is 17.0 Å². The Hall–Kier alpha value is -3.44. The van der Waals surface area contributed by atoms with Gasteiger partial charge in [-0.2, -0.15) is 13.9 Å². The molecule has 3 aromatic heterocycles. The number of nitrogens with zero attached hydrogens (tertiary/aromatic N) is 4. The second-order valence-corrected chi connectivity index (χ2v) is 7.72. The lowest BCUT2D eigenvalue weighted by molar-refractivity contribution is 0.400. The van der Waals surface area contributed by atoms with Gasteiger partial charge in [-0.15, -0.1) is 11.3 Å². The molecule has 0 amide bonds. The molecule has 0 aliphatic heterocycles. The Morgan fingerprint density at radius 3 is 2.71 bits per heavy atom. The molecule has 0 radical (unpaired) electrons. The minimum absolute atomic E-state index is 0.116. The molecule has 1 aromatic carbocycles. The van der Waals surface area contributed by atoms with Crippen LogP contribution in [0.1, 0.15) is 4.88 Å². The van der Waals surface area contributed by atoms with Crippen LogP contribution in [0.4, 0.5) is 13.2 Å². The number of hydrogen-bond donors (Lipinski definition) is 1. The van der Waals surface area contributed by atoms with E-state index in [1.165, 1.54) is 38.9 Å². The van der Waals surface area contributed by atoms with Gasteiger partial charge in [0.05, 0.1) is 24.3 Å². The highest BCUT2D eigenvalue weighted by Gasteiger charge is 2.14. The molecule has 0 aliphatic carbocycles. The maximum absolute atomic E-state index is 14.4. The number of pyridine rings is 1. The molecule has 3 heterocycles. The van der Waals surface area contributed by atoms with E-state index in [1.807, 2.05) is 0 Å². The molecule has 0 spiro atoms. The summed E-state index contributed by atoms with van der Waals surface area (Å²) in [5, 5.41) is 6.12. The van der Waals surface area contributed by atoms with Gasteiger partial charge >= 0.3 is 5.69 Å². The third kappa shape index (κ3) is 3.97. The molecule has 4 aromatic rings. The first kappa shape index (κ1) is 20.8. The molecule has 0 atom stereocenters. The lowest BCUT2D eigenvalue weighted by atomic mass is 10.2. The number of fused-ring (bicyclic) bond motifs is 1. The number of hydrogen-bond acceptors (Lipinski definition) is 5. The van der Waals surface area contributed by atoms with Gasteiger partial charge in [-0.25, -0.2) is 13.9 Å². The highest BCUT2D eigenvalue weighted by atomic mass is 32.1. The van der Waals surface area contributed by atoms with Gasteiger partial charge in [0.2, 0.25) is 0 Å². The molecular formula is C20H16F3N5O2S. The van der Waals surface area contributed by atoms with Crippen molar-refractivity contribution in [2.45, 2.75) is 13.1 Å². The predicted octanol–water partition coefficient (Wildman–Crippen LogP) is 2.71. The van der Waals surface area contributed by atoms with Crippen LogP contribution in [0.15, 0.2) is 69.3 Å². The zero-order valence-corrected chi connectivity index (χ0v) is 16.8. The number of halogens is 3. The van der Waals surface area contributed by atoms with E-state index in [0.717, 1.165) is 4.68 Å². The van der Waals surface area contributed by atoms with Crippen LogP contribution in [0.5, 0.6) is 0 Å². The van der Waals surface area contributed by atoms with Crippen LogP contribution in [-0.4, -0.2) is 25.5 Å². The average molecular weight is 447 g/mol. The summed E-state index contributed by atoms with van der Waals surface area (Å²) in [6, 6.07) is 9.15. The summed E-state index contributed by atoms with van der Waals surface area (Å²) in [4.78, 5) is 25.6. The molecule has 11 heteroatoms. The highest BCUT2D eigenvalue weighted by Crippen LogP contribution is 2.23. The minimum Gasteiger partial charge on any atom is -0.327 e. The van der Waals surface area contributed by atoms with Crippen LogP contribution in [0, 0.1) is 5.82 Å². The fourth-order valence-corrected chi connectivity index (χ4v) is 4.06. The summed E-state index contributed by atoms with van der Waals surface area (Å²) >= 11 is 1.28. The summed E-state index contributed by atoms with van der Waals surface area (Å²) in [7, 11) is 0. The third-order valence-electron chi connectivity index (χ3n) is 4.74. The van der Waals surface area contributed by atoms with Crippen molar-refractivity contribution in [1.29, 1.82) is 0 Å². The number of rotatable bonds is 6. The third-order valence-corrected chi connectivity index (χ3v) is 5.65. The number of para-hydroxylation sites is 1. The van der Waals surface area contributed by atoms with Gasteiger partial charge < -0.3 is 5.73 Å². The second-order valence-electron chi connectivity index (χ2n) is 6.72. The molecule has 0 fully saturated rings.